The first-order valence-electron chi connectivity index (χ1n) is 6.23. The molecule has 1 fully saturated rings. The molecule has 5 heteroatoms. The summed E-state index contributed by atoms with van der Waals surface area (Å²) < 4.78 is 1.23. The molecule has 0 saturated carbocycles. The number of carbonyl (C=O) groups is 2. The fourth-order valence-corrected chi connectivity index (χ4v) is 3.22. The molecule has 1 saturated heterocycles. The molecular weight excluding hydrogens is 260 g/mol. The molecule has 1 aromatic carbocycles. The highest BCUT2D eigenvalue weighted by Crippen LogP contribution is 2.26. The lowest BCUT2D eigenvalue weighted by molar-refractivity contribution is -0.130. The van der Waals surface area contributed by atoms with Crippen LogP contribution in [0.2, 0.25) is 0 Å². The highest BCUT2D eigenvalue weighted by atomic mass is 32.1. The Hall–Kier alpha value is -1.88. The van der Waals surface area contributed by atoms with Crippen LogP contribution in [0.15, 0.2) is 29.6 Å². The van der Waals surface area contributed by atoms with E-state index in [1.807, 2.05) is 12.1 Å². The molecule has 1 aliphatic rings. The second-order valence-electron chi connectivity index (χ2n) is 4.60. The Morgan fingerprint density at radius 2 is 2.11 bits per heavy atom. The van der Waals surface area contributed by atoms with Crippen molar-refractivity contribution in [2.75, 3.05) is 13.1 Å². The van der Waals surface area contributed by atoms with Gasteiger partial charge in [-0.3, -0.25) is 9.59 Å². The van der Waals surface area contributed by atoms with Gasteiger partial charge >= 0.3 is 0 Å². The second-order valence-corrected chi connectivity index (χ2v) is 5.51. The lowest BCUT2D eigenvalue weighted by Crippen LogP contribution is -2.34. The van der Waals surface area contributed by atoms with Crippen LogP contribution in [0.25, 0.3) is 10.1 Å². The summed E-state index contributed by atoms with van der Waals surface area (Å²) in [5.74, 6) is -0.0628. The lowest BCUT2D eigenvalue weighted by Gasteiger charge is -2.19. The molecule has 0 aliphatic carbocycles. The van der Waals surface area contributed by atoms with Crippen LogP contribution in [-0.4, -0.2) is 29.8 Å². The van der Waals surface area contributed by atoms with Gasteiger partial charge in [0.25, 0.3) is 0 Å². The number of hydrogen-bond donors (Lipinski definition) is 1. The van der Waals surface area contributed by atoms with E-state index in [4.69, 9.17) is 0 Å². The van der Waals surface area contributed by atoms with Gasteiger partial charge < -0.3 is 10.2 Å². The highest BCUT2D eigenvalue weighted by molar-refractivity contribution is 7.17. The Labute approximate surface area is 115 Å². The number of nitrogens with one attached hydrogen (secondary N) is 1. The minimum Gasteiger partial charge on any atom is -0.347 e. The maximum Gasteiger partial charge on any atom is 0.242 e. The van der Waals surface area contributed by atoms with Crippen molar-refractivity contribution in [1.29, 1.82) is 0 Å². The standard InChI is InChI=1S/C14H14N2O2S/c17-13-5-6-16(14(18)7-15-13)8-10-9-19-12-4-2-1-3-11(10)12/h1-4,9H,5-8H2,(H,15,17). The first-order valence-corrected chi connectivity index (χ1v) is 7.11. The minimum atomic E-state index is -0.0500. The second kappa shape index (κ2) is 5.01. The molecule has 2 heterocycles. The number of carbonyl (C=O) groups excluding carboxylic acids is 2. The number of rotatable bonds is 2. The van der Waals surface area contributed by atoms with E-state index in [0.717, 1.165) is 5.56 Å². The predicted octanol–water partition coefficient (Wildman–Crippen LogP) is 1.75. The average Bonchev–Trinajstić information content (AvgIpc) is 2.76. The molecule has 1 aliphatic heterocycles. The fourth-order valence-electron chi connectivity index (χ4n) is 2.26. The fraction of sp³-hybridized carbons (Fsp3) is 0.286. The first kappa shape index (κ1) is 12.2. The van der Waals surface area contributed by atoms with E-state index in [-0.39, 0.29) is 18.4 Å². The van der Waals surface area contributed by atoms with Crippen molar-refractivity contribution in [3.8, 4) is 0 Å². The normalized spacial score (nSPS) is 16.5. The van der Waals surface area contributed by atoms with Crippen LogP contribution in [0.1, 0.15) is 12.0 Å². The van der Waals surface area contributed by atoms with Crippen molar-refractivity contribution in [3.63, 3.8) is 0 Å². The van der Waals surface area contributed by atoms with Crippen molar-refractivity contribution in [1.82, 2.24) is 10.2 Å². The number of hydrogen-bond acceptors (Lipinski definition) is 3. The van der Waals surface area contributed by atoms with E-state index < -0.39 is 0 Å². The van der Waals surface area contributed by atoms with Crippen molar-refractivity contribution >= 4 is 33.2 Å². The maximum absolute atomic E-state index is 11.9. The van der Waals surface area contributed by atoms with Gasteiger partial charge in [0, 0.05) is 24.2 Å². The van der Waals surface area contributed by atoms with Gasteiger partial charge in [-0.05, 0) is 22.4 Å². The van der Waals surface area contributed by atoms with Crippen LogP contribution in [0, 0.1) is 0 Å². The summed E-state index contributed by atoms with van der Waals surface area (Å²) in [6.45, 7) is 1.19. The van der Waals surface area contributed by atoms with E-state index in [0.29, 0.717) is 19.5 Å². The molecule has 0 radical (unpaired) electrons. The van der Waals surface area contributed by atoms with E-state index in [2.05, 4.69) is 22.8 Å². The van der Waals surface area contributed by atoms with Crippen molar-refractivity contribution in [2.45, 2.75) is 13.0 Å². The SMILES string of the molecule is O=C1CCN(Cc2csc3ccccc23)C(=O)CN1. The number of nitrogens with zero attached hydrogens (tertiary/aromatic N) is 1. The van der Waals surface area contributed by atoms with Gasteiger partial charge in [-0.25, -0.2) is 0 Å². The molecule has 98 valence electrons. The zero-order valence-corrected chi connectivity index (χ0v) is 11.2. The van der Waals surface area contributed by atoms with Crippen LogP contribution in [0.4, 0.5) is 0 Å². The van der Waals surface area contributed by atoms with E-state index in [1.165, 1.54) is 10.1 Å². The summed E-state index contributed by atoms with van der Waals surface area (Å²) in [5.41, 5.74) is 1.16. The number of amides is 2. The molecule has 3 rings (SSSR count). The molecule has 0 spiro atoms. The third-order valence-electron chi connectivity index (χ3n) is 3.32. The summed E-state index contributed by atoms with van der Waals surface area (Å²) in [7, 11) is 0. The molecule has 1 aromatic heterocycles. The quantitative estimate of drug-likeness (QED) is 0.907. The smallest absolute Gasteiger partial charge is 0.242 e. The third kappa shape index (κ3) is 2.46. The summed E-state index contributed by atoms with van der Waals surface area (Å²) >= 11 is 1.69. The number of fused-ring (bicyclic) bond motifs is 1. The van der Waals surface area contributed by atoms with Gasteiger partial charge in [-0.15, -0.1) is 11.3 Å². The van der Waals surface area contributed by atoms with Crippen molar-refractivity contribution in [3.05, 3.63) is 35.2 Å². The Kier molecular flexibility index (Phi) is 3.21. The molecule has 0 bridgehead atoms. The van der Waals surface area contributed by atoms with Crippen LogP contribution in [-0.2, 0) is 16.1 Å². The van der Waals surface area contributed by atoms with E-state index in [1.54, 1.807) is 16.2 Å². The number of benzene rings is 1. The Balaban J connectivity index is 1.84. The van der Waals surface area contributed by atoms with Gasteiger partial charge in [-0.2, -0.15) is 0 Å². The van der Waals surface area contributed by atoms with Gasteiger partial charge in [0.05, 0.1) is 6.54 Å². The van der Waals surface area contributed by atoms with Crippen LogP contribution >= 0.6 is 11.3 Å². The molecule has 0 atom stereocenters. The summed E-state index contributed by atoms with van der Waals surface area (Å²) in [5, 5.41) is 5.91. The average molecular weight is 274 g/mol. The summed E-state index contributed by atoms with van der Waals surface area (Å²) in [6.07, 6.45) is 0.383. The molecular formula is C14H14N2O2S. The van der Waals surface area contributed by atoms with Crippen LogP contribution in [0.5, 0.6) is 0 Å². The van der Waals surface area contributed by atoms with Gasteiger partial charge in [-0.1, -0.05) is 18.2 Å². The topological polar surface area (TPSA) is 49.4 Å². The van der Waals surface area contributed by atoms with Gasteiger partial charge in [0.1, 0.15) is 0 Å². The van der Waals surface area contributed by atoms with Crippen molar-refractivity contribution < 1.29 is 9.59 Å². The van der Waals surface area contributed by atoms with E-state index in [9.17, 15) is 9.59 Å². The largest absolute Gasteiger partial charge is 0.347 e. The molecule has 2 amide bonds. The Bertz CT molecular complexity index is 635. The lowest BCUT2D eigenvalue weighted by atomic mass is 10.1. The predicted molar refractivity (Wildman–Crippen MR) is 74.9 cm³/mol. The Morgan fingerprint density at radius 3 is 3.00 bits per heavy atom. The molecule has 2 aromatic rings. The maximum atomic E-state index is 11.9. The zero-order chi connectivity index (χ0) is 13.2. The Morgan fingerprint density at radius 1 is 1.26 bits per heavy atom. The highest BCUT2D eigenvalue weighted by Gasteiger charge is 2.20. The third-order valence-corrected chi connectivity index (χ3v) is 4.33. The molecule has 4 nitrogen and oxygen atoms in total. The van der Waals surface area contributed by atoms with Crippen LogP contribution in [0.3, 0.4) is 0 Å². The summed E-state index contributed by atoms with van der Waals surface area (Å²) in [4.78, 5) is 25.0. The molecule has 1 N–H and O–H groups in total. The van der Waals surface area contributed by atoms with Crippen LogP contribution < -0.4 is 5.32 Å². The van der Waals surface area contributed by atoms with Gasteiger partial charge in [0.15, 0.2) is 0 Å². The van der Waals surface area contributed by atoms with Crippen molar-refractivity contribution in [2.24, 2.45) is 0 Å². The monoisotopic (exact) mass is 274 g/mol. The zero-order valence-electron chi connectivity index (χ0n) is 10.4. The van der Waals surface area contributed by atoms with Gasteiger partial charge in [0.2, 0.25) is 11.8 Å². The number of thiophene rings is 1. The van der Waals surface area contributed by atoms with E-state index >= 15 is 0 Å². The summed E-state index contributed by atoms with van der Waals surface area (Å²) in [6, 6.07) is 8.18. The first-order chi connectivity index (χ1) is 9.24. The molecule has 0 unspecified atom stereocenters. The molecule has 19 heavy (non-hydrogen) atoms. The minimum absolute atomic E-state index is 0.0128.